The SMILES string of the molecule is CC(C)(CNC1CCN(C(N)=O)CC1)c1cccc(C(F)(F)F)c1. The van der Waals surface area contributed by atoms with Gasteiger partial charge in [0.15, 0.2) is 0 Å². The maximum atomic E-state index is 12.9. The van der Waals surface area contributed by atoms with Crippen molar-refractivity contribution >= 4 is 6.03 Å². The fraction of sp³-hybridized carbons (Fsp3) is 0.588. The van der Waals surface area contributed by atoms with Crippen LogP contribution in [-0.4, -0.2) is 36.6 Å². The number of nitrogens with zero attached hydrogens (tertiary/aromatic N) is 1. The zero-order valence-electron chi connectivity index (χ0n) is 14.0. The van der Waals surface area contributed by atoms with E-state index in [1.165, 1.54) is 12.1 Å². The lowest BCUT2D eigenvalue weighted by molar-refractivity contribution is -0.137. The lowest BCUT2D eigenvalue weighted by atomic mass is 9.83. The number of rotatable bonds is 4. The minimum atomic E-state index is -4.33. The van der Waals surface area contributed by atoms with E-state index in [4.69, 9.17) is 5.73 Å². The molecule has 1 fully saturated rings. The van der Waals surface area contributed by atoms with Gasteiger partial charge in [0.2, 0.25) is 0 Å². The second-order valence-electron chi connectivity index (χ2n) is 6.94. The Balaban J connectivity index is 1.96. The van der Waals surface area contributed by atoms with Crippen LogP contribution in [0.2, 0.25) is 0 Å². The van der Waals surface area contributed by atoms with E-state index in [9.17, 15) is 18.0 Å². The molecule has 3 N–H and O–H groups in total. The number of hydrogen-bond donors (Lipinski definition) is 2. The van der Waals surface area contributed by atoms with Crippen molar-refractivity contribution in [3.8, 4) is 0 Å². The minimum absolute atomic E-state index is 0.241. The van der Waals surface area contributed by atoms with E-state index in [2.05, 4.69) is 5.32 Å². The molecule has 0 radical (unpaired) electrons. The average molecular weight is 343 g/mol. The molecule has 0 aliphatic carbocycles. The first kappa shape index (κ1) is 18.6. The monoisotopic (exact) mass is 343 g/mol. The molecule has 134 valence electrons. The van der Waals surface area contributed by atoms with E-state index in [0.717, 1.165) is 18.9 Å². The maximum Gasteiger partial charge on any atom is 0.416 e. The van der Waals surface area contributed by atoms with Crippen LogP contribution in [0.1, 0.15) is 37.8 Å². The van der Waals surface area contributed by atoms with Crippen LogP contribution in [0.25, 0.3) is 0 Å². The maximum absolute atomic E-state index is 12.9. The number of likely N-dealkylation sites (tertiary alicyclic amines) is 1. The molecule has 0 saturated carbocycles. The van der Waals surface area contributed by atoms with Crippen LogP contribution in [0.5, 0.6) is 0 Å². The minimum Gasteiger partial charge on any atom is -0.351 e. The van der Waals surface area contributed by atoms with Gasteiger partial charge in [0.25, 0.3) is 0 Å². The number of primary amides is 1. The smallest absolute Gasteiger partial charge is 0.351 e. The summed E-state index contributed by atoms with van der Waals surface area (Å²) in [5.74, 6) is 0. The number of nitrogens with one attached hydrogen (secondary N) is 1. The van der Waals surface area contributed by atoms with Crippen LogP contribution in [0.15, 0.2) is 24.3 Å². The molecule has 4 nitrogen and oxygen atoms in total. The lowest BCUT2D eigenvalue weighted by Crippen LogP contribution is -2.48. The van der Waals surface area contributed by atoms with Gasteiger partial charge in [0, 0.05) is 31.1 Å². The first-order valence-corrected chi connectivity index (χ1v) is 8.05. The largest absolute Gasteiger partial charge is 0.416 e. The fourth-order valence-corrected chi connectivity index (χ4v) is 2.92. The van der Waals surface area contributed by atoms with Crippen molar-refractivity contribution in [1.29, 1.82) is 0 Å². The highest BCUT2D eigenvalue weighted by atomic mass is 19.4. The molecule has 0 atom stereocenters. The van der Waals surface area contributed by atoms with Gasteiger partial charge >= 0.3 is 12.2 Å². The fourth-order valence-electron chi connectivity index (χ4n) is 2.92. The van der Waals surface area contributed by atoms with Gasteiger partial charge in [-0.05, 0) is 24.5 Å². The number of hydrogen-bond acceptors (Lipinski definition) is 2. The first-order valence-electron chi connectivity index (χ1n) is 8.05. The summed E-state index contributed by atoms with van der Waals surface area (Å²) >= 11 is 0. The zero-order chi connectivity index (χ0) is 18.0. The average Bonchev–Trinajstić information content (AvgIpc) is 2.53. The molecule has 1 saturated heterocycles. The van der Waals surface area contributed by atoms with Crippen molar-refractivity contribution in [2.24, 2.45) is 5.73 Å². The Morgan fingerprint density at radius 3 is 2.38 bits per heavy atom. The van der Waals surface area contributed by atoms with Crippen LogP contribution in [0.4, 0.5) is 18.0 Å². The molecular weight excluding hydrogens is 319 g/mol. The molecule has 1 heterocycles. The third-order valence-electron chi connectivity index (χ3n) is 4.61. The number of carbonyl (C=O) groups excluding carboxylic acids is 1. The van der Waals surface area contributed by atoms with Crippen molar-refractivity contribution in [1.82, 2.24) is 10.2 Å². The van der Waals surface area contributed by atoms with Crippen molar-refractivity contribution in [3.63, 3.8) is 0 Å². The third kappa shape index (κ3) is 4.63. The van der Waals surface area contributed by atoms with Gasteiger partial charge < -0.3 is 16.0 Å². The van der Waals surface area contributed by atoms with Gasteiger partial charge in [0.1, 0.15) is 0 Å². The van der Waals surface area contributed by atoms with E-state index in [1.807, 2.05) is 13.8 Å². The van der Waals surface area contributed by atoms with E-state index in [0.29, 0.717) is 25.2 Å². The predicted octanol–water partition coefficient (Wildman–Crippen LogP) is 3.12. The van der Waals surface area contributed by atoms with Crippen LogP contribution in [0, 0.1) is 0 Å². The highest BCUT2D eigenvalue weighted by molar-refractivity contribution is 5.72. The highest BCUT2D eigenvalue weighted by Crippen LogP contribution is 2.32. The Kier molecular flexibility index (Phi) is 5.42. The van der Waals surface area contributed by atoms with E-state index in [-0.39, 0.29) is 6.04 Å². The number of amides is 2. The summed E-state index contributed by atoms with van der Waals surface area (Å²) in [7, 11) is 0. The third-order valence-corrected chi connectivity index (χ3v) is 4.61. The molecule has 1 aliphatic heterocycles. The highest BCUT2D eigenvalue weighted by Gasteiger charge is 2.32. The molecule has 0 aromatic heterocycles. The van der Waals surface area contributed by atoms with E-state index in [1.54, 1.807) is 11.0 Å². The molecule has 2 rings (SSSR count). The topological polar surface area (TPSA) is 58.4 Å². The molecule has 0 unspecified atom stereocenters. The van der Waals surface area contributed by atoms with Crippen molar-refractivity contribution < 1.29 is 18.0 Å². The second-order valence-corrected chi connectivity index (χ2v) is 6.94. The number of benzene rings is 1. The summed E-state index contributed by atoms with van der Waals surface area (Å²) in [5.41, 5.74) is 4.86. The molecule has 1 aromatic rings. The summed E-state index contributed by atoms with van der Waals surface area (Å²) in [5, 5.41) is 3.42. The zero-order valence-corrected chi connectivity index (χ0v) is 14.0. The van der Waals surface area contributed by atoms with Crippen LogP contribution in [-0.2, 0) is 11.6 Å². The lowest BCUT2D eigenvalue weighted by Gasteiger charge is -2.34. The van der Waals surface area contributed by atoms with Crippen molar-refractivity contribution in [2.75, 3.05) is 19.6 Å². The summed E-state index contributed by atoms with van der Waals surface area (Å²) in [6, 6.07) is 5.32. The van der Waals surface area contributed by atoms with E-state index >= 15 is 0 Å². The molecule has 24 heavy (non-hydrogen) atoms. The Morgan fingerprint density at radius 1 is 1.25 bits per heavy atom. The van der Waals surface area contributed by atoms with Crippen molar-refractivity contribution in [2.45, 2.75) is 44.3 Å². The van der Waals surface area contributed by atoms with Crippen molar-refractivity contribution in [3.05, 3.63) is 35.4 Å². The summed E-state index contributed by atoms with van der Waals surface area (Å²) in [6.45, 7) is 5.63. The van der Waals surface area contributed by atoms with E-state index < -0.39 is 23.2 Å². The normalized spacial score (nSPS) is 17.1. The van der Waals surface area contributed by atoms with Gasteiger partial charge in [-0.15, -0.1) is 0 Å². The van der Waals surface area contributed by atoms with Gasteiger partial charge in [-0.1, -0.05) is 32.0 Å². The van der Waals surface area contributed by atoms with Gasteiger partial charge in [-0.25, -0.2) is 4.79 Å². The molecule has 0 spiro atoms. The molecule has 2 amide bonds. The predicted molar refractivity (Wildman–Crippen MR) is 86.7 cm³/mol. The number of piperidine rings is 1. The molecule has 1 aromatic carbocycles. The number of alkyl halides is 3. The summed E-state index contributed by atoms with van der Waals surface area (Å²) in [6.07, 6.45) is -2.75. The number of carbonyl (C=O) groups is 1. The number of urea groups is 1. The molecule has 0 bridgehead atoms. The number of nitrogens with two attached hydrogens (primary N) is 1. The van der Waals surface area contributed by atoms with Gasteiger partial charge in [0.05, 0.1) is 5.56 Å². The van der Waals surface area contributed by atoms with Crippen LogP contribution >= 0.6 is 0 Å². The first-order chi connectivity index (χ1) is 11.1. The Hall–Kier alpha value is -1.76. The molecule has 1 aliphatic rings. The number of halogens is 3. The van der Waals surface area contributed by atoms with Crippen LogP contribution < -0.4 is 11.1 Å². The molecule has 7 heteroatoms. The van der Waals surface area contributed by atoms with Gasteiger partial charge in [-0.2, -0.15) is 13.2 Å². The molecular formula is C17H24F3N3O. The summed E-state index contributed by atoms with van der Waals surface area (Å²) in [4.78, 5) is 12.7. The van der Waals surface area contributed by atoms with Crippen LogP contribution in [0.3, 0.4) is 0 Å². The summed E-state index contributed by atoms with van der Waals surface area (Å²) < 4.78 is 38.6. The Morgan fingerprint density at radius 2 is 1.83 bits per heavy atom. The Bertz CT molecular complexity index is 579. The Labute approximate surface area is 140 Å². The standard InChI is InChI=1S/C17H24F3N3O/c1-16(2,12-4-3-5-13(10-12)17(18,19)20)11-22-14-6-8-23(9-7-14)15(21)24/h3-5,10,14,22H,6-9,11H2,1-2H3,(H2,21,24). The van der Waals surface area contributed by atoms with Gasteiger partial charge in [-0.3, -0.25) is 0 Å². The quantitative estimate of drug-likeness (QED) is 0.882. The second kappa shape index (κ2) is 7.01.